The van der Waals surface area contributed by atoms with Crippen LogP contribution in [0.5, 0.6) is 0 Å². The van der Waals surface area contributed by atoms with Crippen LogP contribution in [0.3, 0.4) is 0 Å². The van der Waals surface area contributed by atoms with Crippen molar-refractivity contribution >= 4 is 5.82 Å². The van der Waals surface area contributed by atoms with E-state index in [1.54, 1.807) is 0 Å². The molecule has 0 N–H and O–H groups in total. The van der Waals surface area contributed by atoms with Crippen molar-refractivity contribution in [3.63, 3.8) is 0 Å². The Morgan fingerprint density at radius 1 is 1.00 bits per heavy atom. The van der Waals surface area contributed by atoms with E-state index in [1.165, 1.54) is 11.4 Å². The molecule has 0 spiro atoms. The maximum Gasteiger partial charge on any atom is 0.277 e. The summed E-state index contributed by atoms with van der Waals surface area (Å²) < 4.78 is 2.31. The van der Waals surface area contributed by atoms with Gasteiger partial charge < -0.3 is 17.0 Å². The van der Waals surface area contributed by atoms with Gasteiger partial charge in [-0.1, -0.05) is 36.4 Å². The van der Waals surface area contributed by atoms with E-state index in [0.29, 0.717) is 0 Å². The highest BCUT2D eigenvalue weighted by Gasteiger charge is 2.25. The molecule has 2 aromatic rings. The van der Waals surface area contributed by atoms with Crippen molar-refractivity contribution in [1.82, 2.24) is 0 Å². The number of pyridine rings is 1. The lowest BCUT2D eigenvalue weighted by Gasteiger charge is -2.09. The number of nitrogens with zero attached hydrogens (tertiary/aromatic N) is 2. The lowest BCUT2D eigenvalue weighted by Crippen LogP contribution is -3.00. The minimum absolute atomic E-state index is 0. The average molecular weight is 291 g/mol. The molecular weight excluding hydrogens is 276 g/mol. The van der Waals surface area contributed by atoms with Gasteiger partial charge in [0.25, 0.3) is 5.82 Å². The Balaban J connectivity index is 0.00000108. The maximum atomic E-state index is 2.43. The first-order chi connectivity index (χ1) is 7.93. The summed E-state index contributed by atoms with van der Waals surface area (Å²) in [5, 5.41) is 0. The fraction of sp³-hybridized carbons (Fsp3) is 0.214. The highest BCUT2D eigenvalue weighted by molar-refractivity contribution is 5.36. The minimum Gasteiger partial charge on any atom is -1.00 e. The third kappa shape index (κ3) is 2.50. The van der Waals surface area contributed by atoms with E-state index in [1.807, 2.05) is 0 Å². The summed E-state index contributed by atoms with van der Waals surface area (Å²) in [5.74, 6) is 1.33. The van der Waals surface area contributed by atoms with Gasteiger partial charge in [-0.25, -0.2) is 4.57 Å². The summed E-state index contributed by atoms with van der Waals surface area (Å²) in [6, 6.07) is 17.0. The zero-order valence-electron chi connectivity index (χ0n) is 9.59. The second kappa shape index (κ2) is 5.32. The molecule has 3 heteroatoms. The molecule has 2 nitrogen and oxygen atoms in total. The van der Waals surface area contributed by atoms with Crippen molar-refractivity contribution < 1.29 is 21.5 Å². The Morgan fingerprint density at radius 2 is 1.76 bits per heavy atom. The van der Waals surface area contributed by atoms with Crippen LogP contribution in [0, 0.1) is 0 Å². The lowest BCUT2D eigenvalue weighted by atomic mass is 10.2. The van der Waals surface area contributed by atoms with Crippen LogP contribution in [0.2, 0.25) is 0 Å². The fourth-order valence-corrected chi connectivity index (χ4v) is 2.25. The third-order valence-electron chi connectivity index (χ3n) is 3.07. The second-order valence-corrected chi connectivity index (χ2v) is 4.16. The standard InChI is InChI=1S/C14H15N2.BrH/c1-2-6-13(7-3-1)12-16-11-10-15-9-5-4-8-14(15)16;/h1-9H,10-12H2;1H/q+1;/p-1. The first kappa shape index (κ1) is 12.1. The van der Waals surface area contributed by atoms with Gasteiger partial charge in [-0.2, -0.15) is 0 Å². The van der Waals surface area contributed by atoms with Gasteiger partial charge in [-0.05, 0) is 11.6 Å². The molecule has 0 aliphatic carbocycles. The van der Waals surface area contributed by atoms with Crippen LogP contribution in [0.4, 0.5) is 5.82 Å². The van der Waals surface area contributed by atoms with E-state index in [-0.39, 0.29) is 17.0 Å². The Morgan fingerprint density at radius 3 is 2.59 bits per heavy atom. The zero-order valence-corrected chi connectivity index (χ0v) is 11.2. The summed E-state index contributed by atoms with van der Waals surface area (Å²) in [5.41, 5.74) is 1.37. The van der Waals surface area contributed by atoms with Crippen LogP contribution < -0.4 is 26.4 Å². The molecule has 1 aromatic carbocycles. The quantitative estimate of drug-likeness (QED) is 0.644. The van der Waals surface area contributed by atoms with E-state index in [4.69, 9.17) is 0 Å². The van der Waals surface area contributed by atoms with Gasteiger partial charge in [0.2, 0.25) is 0 Å². The molecule has 0 amide bonds. The Labute approximate surface area is 112 Å². The minimum atomic E-state index is 0. The number of rotatable bonds is 2. The molecule has 0 atom stereocenters. The molecule has 0 unspecified atom stereocenters. The molecule has 1 aliphatic rings. The van der Waals surface area contributed by atoms with Crippen molar-refractivity contribution in [2.45, 2.75) is 13.1 Å². The number of halogens is 1. The highest BCUT2D eigenvalue weighted by Crippen LogP contribution is 2.16. The molecule has 0 fully saturated rings. The van der Waals surface area contributed by atoms with Gasteiger partial charge in [0, 0.05) is 6.07 Å². The topological polar surface area (TPSA) is 7.12 Å². The van der Waals surface area contributed by atoms with Crippen LogP contribution in [0.1, 0.15) is 5.56 Å². The predicted molar refractivity (Wildman–Crippen MR) is 64.1 cm³/mol. The van der Waals surface area contributed by atoms with Gasteiger partial charge in [0.15, 0.2) is 0 Å². The molecule has 88 valence electrons. The van der Waals surface area contributed by atoms with E-state index >= 15 is 0 Å². The van der Waals surface area contributed by atoms with Gasteiger partial charge in [0.1, 0.15) is 19.6 Å². The summed E-state index contributed by atoms with van der Waals surface area (Å²) in [7, 11) is 0. The third-order valence-corrected chi connectivity index (χ3v) is 3.07. The summed E-state index contributed by atoms with van der Waals surface area (Å²) in [6.07, 6.45) is 2.15. The Hall–Kier alpha value is -1.35. The first-order valence-corrected chi connectivity index (χ1v) is 5.71. The number of benzene rings is 1. The van der Waals surface area contributed by atoms with Crippen LogP contribution in [-0.4, -0.2) is 6.54 Å². The molecule has 0 saturated carbocycles. The monoisotopic (exact) mass is 290 g/mol. The summed E-state index contributed by atoms with van der Waals surface area (Å²) in [4.78, 5) is 2.43. The fourth-order valence-electron chi connectivity index (χ4n) is 2.25. The van der Waals surface area contributed by atoms with Crippen LogP contribution in [0.15, 0.2) is 54.7 Å². The molecule has 0 radical (unpaired) electrons. The number of fused-ring (bicyclic) bond motifs is 1. The molecule has 2 heterocycles. The number of hydrogen-bond acceptors (Lipinski definition) is 1. The van der Waals surface area contributed by atoms with E-state index < -0.39 is 0 Å². The first-order valence-electron chi connectivity index (χ1n) is 5.71. The lowest BCUT2D eigenvalue weighted by molar-refractivity contribution is -0.671. The number of aromatic nitrogens is 1. The second-order valence-electron chi connectivity index (χ2n) is 4.16. The SMILES string of the molecule is [Br-].c1ccc(CN2CC[n+]3ccccc32)cc1. The summed E-state index contributed by atoms with van der Waals surface area (Å²) in [6.45, 7) is 3.22. The summed E-state index contributed by atoms with van der Waals surface area (Å²) >= 11 is 0. The molecule has 1 aromatic heterocycles. The highest BCUT2D eigenvalue weighted by atomic mass is 79.9. The van der Waals surface area contributed by atoms with Gasteiger partial charge in [-0.3, -0.25) is 4.90 Å². The smallest absolute Gasteiger partial charge is 0.277 e. The predicted octanol–water partition coefficient (Wildman–Crippen LogP) is -1.00. The van der Waals surface area contributed by atoms with E-state index in [9.17, 15) is 0 Å². The zero-order chi connectivity index (χ0) is 10.8. The molecule has 3 rings (SSSR count). The van der Waals surface area contributed by atoms with Crippen molar-refractivity contribution in [1.29, 1.82) is 0 Å². The normalized spacial score (nSPS) is 13.1. The van der Waals surface area contributed by atoms with Crippen LogP contribution in [0.25, 0.3) is 0 Å². The Bertz CT molecular complexity index is 485. The van der Waals surface area contributed by atoms with Crippen molar-refractivity contribution in [3.05, 3.63) is 60.3 Å². The van der Waals surface area contributed by atoms with E-state index in [2.05, 4.69) is 64.2 Å². The average Bonchev–Trinajstić information content (AvgIpc) is 2.74. The van der Waals surface area contributed by atoms with Crippen molar-refractivity contribution in [2.75, 3.05) is 11.4 Å². The van der Waals surface area contributed by atoms with Gasteiger partial charge in [0.05, 0.1) is 6.20 Å². The maximum absolute atomic E-state index is 2.43. The van der Waals surface area contributed by atoms with Gasteiger partial charge in [-0.15, -0.1) is 0 Å². The van der Waals surface area contributed by atoms with Crippen molar-refractivity contribution in [2.24, 2.45) is 0 Å². The molecule has 0 saturated heterocycles. The Kier molecular flexibility index (Phi) is 3.79. The largest absolute Gasteiger partial charge is 1.00 e. The van der Waals surface area contributed by atoms with E-state index in [0.717, 1.165) is 19.6 Å². The number of anilines is 1. The molecule has 17 heavy (non-hydrogen) atoms. The molecular formula is C14H15BrN2. The molecule has 0 bridgehead atoms. The molecule has 1 aliphatic heterocycles. The number of hydrogen-bond donors (Lipinski definition) is 0. The van der Waals surface area contributed by atoms with Crippen molar-refractivity contribution in [3.8, 4) is 0 Å². The van der Waals surface area contributed by atoms with Gasteiger partial charge >= 0.3 is 0 Å². The van der Waals surface area contributed by atoms with Crippen LogP contribution >= 0.6 is 0 Å². The van der Waals surface area contributed by atoms with Crippen LogP contribution in [-0.2, 0) is 13.1 Å².